The Balaban J connectivity index is 2.58. The molecule has 0 aliphatic heterocycles. The molecule has 0 aliphatic carbocycles. The number of phenolic OH excluding ortho intramolecular Hbond substituents is 2. The van der Waals surface area contributed by atoms with Crippen LogP contribution in [-0.2, 0) is 11.3 Å². The molecule has 0 saturated carbocycles. The fourth-order valence-corrected chi connectivity index (χ4v) is 2.15. The van der Waals surface area contributed by atoms with Gasteiger partial charge in [0.05, 0.1) is 16.6 Å². The minimum atomic E-state index is -0.734. The number of halogens is 1. The van der Waals surface area contributed by atoms with E-state index in [-0.39, 0.29) is 29.7 Å². The summed E-state index contributed by atoms with van der Waals surface area (Å²) in [5.41, 5.74) is 5.56. The average molecular weight is 357 g/mol. The summed E-state index contributed by atoms with van der Waals surface area (Å²) in [5, 5.41) is 27.1. The number of hydrogen-bond donors (Lipinski definition) is 3. The first kappa shape index (κ1) is 15.3. The molecule has 0 spiro atoms. The van der Waals surface area contributed by atoms with Gasteiger partial charge in [-0.1, -0.05) is 0 Å². The zero-order valence-corrected chi connectivity index (χ0v) is 12.7. The van der Waals surface area contributed by atoms with Crippen molar-refractivity contribution < 1.29 is 19.7 Å². The van der Waals surface area contributed by atoms with Crippen LogP contribution < -0.4 is 5.73 Å². The fourth-order valence-electron chi connectivity index (χ4n) is 1.81. The SMILES string of the molecule is COCCn1c(C(N)=O)nnc1-c1cc(Br)c(O)cc1O. The van der Waals surface area contributed by atoms with Crippen LogP contribution >= 0.6 is 15.9 Å². The number of hydrogen-bond acceptors (Lipinski definition) is 6. The van der Waals surface area contributed by atoms with Crippen LogP contribution in [0.3, 0.4) is 0 Å². The molecule has 0 aliphatic rings. The van der Waals surface area contributed by atoms with Crippen LogP contribution in [0.15, 0.2) is 16.6 Å². The lowest BCUT2D eigenvalue weighted by Gasteiger charge is -2.10. The highest BCUT2D eigenvalue weighted by Crippen LogP contribution is 2.36. The molecule has 0 fully saturated rings. The average Bonchev–Trinajstić information content (AvgIpc) is 2.84. The molecule has 0 radical (unpaired) electrons. The molecule has 0 unspecified atom stereocenters. The van der Waals surface area contributed by atoms with Crippen molar-refractivity contribution in [3.8, 4) is 22.9 Å². The minimum Gasteiger partial charge on any atom is -0.507 e. The van der Waals surface area contributed by atoms with Gasteiger partial charge in [-0.2, -0.15) is 0 Å². The standard InChI is InChI=1S/C12H13BrN4O4/c1-21-3-2-17-11(15-16-12(17)10(14)20)6-4-7(13)9(19)5-8(6)18/h4-5,18-19H,2-3H2,1H3,(H2,14,20). The molecular weight excluding hydrogens is 344 g/mol. The highest BCUT2D eigenvalue weighted by Gasteiger charge is 2.20. The van der Waals surface area contributed by atoms with Gasteiger partial charge in [0.2, 0.25) is 5.82 Å². The molecule has 2 aromatic rings. The summed E-state index contributed by atoms with van der Waals surface area (Å²) in [7, 11) is 1.52. The van der Waals surface area contributed by atoms with Crippen LogP contribution in [0.1, 0.15) is 10.6 Å². The van der Waals surface area contributed by atoms with E-state index in [1.54, 1.807) is 0 Å². The lowest BCUT2D eigenvalue weighted by Crippen LogP contribution is -2.20. The first-order chi connectivity index (χ1) is 9.95. The predicted octanol–water partition coefficient (Wildman–Crippen LogP) is 0.864. The molecule has 2 rings (SSSR count). The number of phenols is 2. The molecule has 1 amide bonds. The Bertz CT molecular complexity index is 686. The minimum absolute atomic E-state index is 0.0364. The Labute approximate surface area is 128 Å². The van der Waals surface area contributed by atoms with E-state index in [4.69, 9.17) is 10.5 Å². The molecule has 21 heavy (non-hydrogen) atoms. The summed E-state index contributed by atoms with van der Waals surface area (Å²) >= 11 is 3.16. The van der Waals surface area contributed by atoms with Crippen LogP contribution in [-0.4, -0.2) is 44.6 Å². The maximum Gasteiger partial charge on any atom is 0.286 e. The summed E-state index contributed by atoms with van der Waals surface area (Å²) in [6.45, 7) is 0.598. The molecule has 8 nitrogen and oxygen atoms in total. The van der Waals surface area contributed by atoms with E-state index < -0.39 is 5.91 Å². The Morgan fingerprint density at radius 1 is 1.38 bits per heavy atom. The number of ether oxygens (including phenoxy) is 1. The Hall–Kier alpha value is -2.13. The third-order valence-electron chi connectivity index (χ3n) is 2.80. The maximum absolute atomic E-state index is 11.4. The monoisotopic (exact) mass is 356 g/mol. The normalized spacial score (nSPS) is 10.8. The van der Waals surface area contributed by atoms with Gasteiger partial charge in [0.15, 0.2) is 5.82 Å². The molecule has 0 saturated heterocycles. The summed E-state index contributed by atoms with van der Waals surface area (Å²) in [4.78, 5) is 11.4. The maximum atomic E-state index is 11.4. The lowest BCUT2D eigenvalue weighted by molar-refractivity contribution is 0.0983. The predicted molar refractivity (Wildman–Crippen MR) is 76.9 cm³/mol. The van der Waals surface area contributed by atoms with E-state index >= 15 is 0 Å². The second-order valence-corrected chi connectivity index (χ2v) is 5.03. The quantitative estimate of drug-likeness (QED) is 0.729. The molecule has 1 heterocycles. The number of primary amides is 1. The summed E-state index contributed by atoms with van der Waals surface area (Å²) in [5.74, 6) is -0.834. The van der Waals surface area contributed by atoms with Gasteiger partial charge in [-0.25, -0.2) is 0 Å². The van der Waals surface area contributed by atoms with Gasteiger partial charge in [-0.3, -0.25) is 4.79 Å². The fraction of sp³-hybridized carbons (Fsp3) is 0.250. The van der Waals surface area contributed by atoms with Crippen molar-refractivity contribution in [1.29, 1.82) is 0 Å². The highest BCUT2D eigenvalue weighted by molar-refractivity contribution is 9.10. The van der Waals surface area contributed by atoms with E-state index in [1.807, 2.05) is 0 Å². The van der Waals surface area contributed by atoms with E-state index in [1.165, 1.54) is 23.8 Å². The van der Waals surface area contributed by atoms with Crippen molar-refractivity contribution in [2.24, 2.45) is 5.73 Å². The molecule has 112 valence electrons. The Morgan fingerprint density at radius 2 is 2.10 bits per heavy atom. The van der Waals surface area contributed by atoms with Gasteiger partial charge >= 0.3 is 0 Å². The van der Waals surface area contributed by atoms with Crippen LogP contribution in [0.4, 0.5) is 0 Å². The summed E-state index contributed by atoms with van der Waals surface area (Å²) < 4.78 is 6.79. The molecule has 9 heteroatoms. The van der Waals surface area contributed by atoms with E-state index in [0.717, 1.165) is 0 Å². The zero-order valence-electron chi connectivity index (χ0n) is 11.1. The number of methoxy groups -OCH3 is 1. The highest BCUT2D eigenvalue weighted by atomic mass is 79.9. The molecule has 0 bridgehead atoms. The van der Waals surface area contributed by atoms with Crippen LogP contribution in [0.2, 0.25) is 0 Å². The zero-order chi connectivity index (χ0) is 15.6. The first-order valence-electron chi connectivity index (χ1n) is 5.89. The third kappa shape index (κ3) is 2.98. The second-order valence-electron chi connectivity index (χ2n) is 4.18. The number of amides is 1. The van der Waals surface area contributed by atoms with Crippen LogP contribution in [0.5, 0.6) is 11.5 Å². The number of rotatable bonds is 5. The van der Waals surface area contributed by atoms with Crippen LogP contribution in [0, 0.1) is 0 Å². The number of aromatic hydroxyl groups is 2. The van der Waals surface area contributed by atoms with Gasteiger partial charge in [-0.05, 0) is 22.0 Å². The third-order valence-corrected chi connectivity index (χ3v) is 3.43. The Morgan fingerprint density at radius 3 is 2.71 bits per heavy atom. The van der Waals surface area contributed by atoms with Crippen LogP contribution in [0.25, 0.3) is 11.4 Å². The molecular formula is C12H13BrN4O4. The van der Waals surface area contributed by atoms with E-state index in [2.05, 4.69) is 26.1 Å². The number of aromatic nitrogens is 3. The number of carbonyl (C=O) groups is 1. The van der Waals surface area contributed by atoms with Gasteiger partial charge in [0.1, 0.15) is 11.5 Å². The number of benzene rings is 1. The topological polar surface area (TPSA) is 123 Å². The summed E-state index contributed by atoms with van der Waals surface area (Å²) in [6.07, 6.45) is 0. The lowest BCUT2D eigenvalue weighted by atomic mass is 10.1. The molecule has 1 aromatic heterocycles. The number of nitrogens with two attached hydrogens (primary N) is 1. The molecule has 4 N–H and O–H groups in total. The van der Waals surface area contributed by atoms with E-state index in [9.17, 15) is 15.0 Å². The van der Waals surface area contributed by atoms with Gasteiger partial charge in [-0.15, -0.1) is 10.2 Å². The number of carbonyl (C=O) groups excluding carboxylic acids is 1. The van der Waals surface area contributed by atoms with Crippen molar-refractivity contribution in [1.82, 2.24) is 14.8 Å². The summed E-state index contributed by atoms with van der Waals surface area (Å²) in [6, 6.07) is 2.64. The molecule has 0 atom stereocenters. The van der Waals surface area contributed by atoms with Gasteiger partial charge in [0, 0.05) is 19.7 Å². The van der Waals surface area contributed by atoms with Crippen molar-refractivity contribution in [2.75, 3.05) is 13.7 Å². The van der Waals surface area contributed by atoms with Crippen molar-refractivity contribution in [3.05, 3.63) is 22.4 Å². The first-order valence-corrected chi connectivity index (χ1v) is 6.68. The van der Waals surface area contributed by atoms with Crippen molar-refractivity contribution >= 4 is 21.8 Å². The van der Waals surface area contributed by atoms with Crippen molar-refractivity contribution in [2.45, 2.75) is 6.54 Å². The van der Waals surface area contributed by atoms with Crippen molar-refractivity contribution in [3.63, 3.8) is 0 Å². The largest absolute Gasteiger partial charge is 0.507 e. The number of nitrogens with zero attached hydrogens (tertiary/aromatic N) is 3. The second kappa shape index (κ2) is 6.10. The van der Waals surface area contributed by atoms with Gasteiger partial charge in [0.25, 0.3) is 5.91 Å². The Kier molecular flexibility index (Phi) is 4.43. The smallest absolute Gasteiger partial charge is 0.286 e. The van der Waals surface area contributed by atoms with E-state index in [0.29, 0.717) is 16.6 Å². The molecule has 1 aromatic carbocycles. The van der Waals surface area contributed by atoms with Gasteiger partial charge < -0.3 is 25.3 Å².